The van der Waals surface area contributed by atoms with Crippen LogP contribution in [0.25, 0.3) is 0 Å². The van der Waals surface area contributed by atoms with Gasteiger partial charge in [0.05, 0.1) is 5.02 Å². The molecular formula is C12H15ClN4O. The second-order valence-electron chi connectivity index (χ2n) is 3.85. The van der Waals surface area contributed by atoms with Crippen LogP contribution in [0.5, 0.6) is 5.75 Å². The zero-order chi connectivity index (χ0) is 13.0. The molecule has 0 spiro atoms. The maximum absolute atomic E-state index is 6.15. The Labute approximate surface area is 111 Å². The van der Waals surface area contributed by atoms with Crippen molar-refractivity contribution >= 4 is 11.6 Å². The molecule has 0 unspecified atom stereocenters. The summed E-state index contributed by atoms with van der Waals surface area (Å²) in [6, 6.07) is 5.70. The Balaban J connectivity index is 2.15. The summed E-state index contributed by atoms with van der Waals surface area (Å²) in [6.45, 7) is 1.05. The number of hydrogen-bond acceptors (Lipinski definition) is 4. The lowest BCUT2D eigenvalue weighted by Gasteiger charge is -2.12. The van der Waals surface area contributed by atoms with Crippen LogP contribution in [0.2, 0.25) is 5.02 Å². The molecule has 0 bridgehead atoms. The Bertz CT molecular complexity index is 527. The van der Waals surface area contributed by atoms with Crippen molar-refractivity contribution in [1.82, 2.24) is 20.1 Å². The molecule has 0 fully saturated rings. The highest BCUT2D eigenvalue weighted by atomic mass is 35.5. The van der Waals surface area contributed by atoms with Crippen LogP contribution < -0.4 is 10.1 Å². The standard InChI is InChI=1S/C12H15ClN4O/c1-14-6-9-4-3-5-10(13)12(9)18-7-11-15-8-16-17(11)2/h3-5,8,14H,6-7H2,1-2H3. The molecule has 0 saturated carbocycles. The molecule has 1 aromatic carbocycles. The molecular weight excluding hydrogens is 252 g/mol. The van der Waals surface area contributed by atoms with E-state index in [-0.39, 0.29) is 0 Å². The zero-order valence-corrected chi connectivity index (χ0v) is 11.1. The van der Waals surface area contributed by atoms with Gasteiger partial charge in [-0.1, -0.05) is 23.7 Å². The summed E-state index contributed by atoms with van der Waals surface area (Å²) in [5, 5.41) is 7.68. The van der Waals surface area contributed by atoms with Crippen molar-refractivity contribution in [3.05, 3.63) is 40.9 Å². The first-order chi connectivity index (χ1) is 8.72. The minimum Gasteiger partial charge on any atom is -0.484 e. The number of nitrogens with one attached hydrogen (secondary N) is 1. The van der Waals surface area contributed by atoms with Gasteiger partial charge in [-0.3, -0.25) is 4.68 Å². The molecule has 2 aromatic rings. The van der Waals surface area contributed by atoms with Crippen LogP contribution in [0.15, 0.2) is 24.5 Å². The van der Waals surface area contributed by atoms with E-state index >= 15 is 0 Å². The largest absolute Gasteiger partial charge is 0.484 e. The molecule has 1 heterocycles. The van der Waals surface area contributed by atoms with E-state index in [1.807, 2.05) is 32.3 Å². The summed E-state index contributed by atoms with van der Waals surface area (Å²) in [5.74, 6) is 1.45. The van der Waals surface area contributed by atoms with E-state index in [0.29, 0.717) is 23.9 Å². The average molecular weight is 267 g/mol. The van der Waals surface area contributed by atoms with Crippen LogP contribution in [0, 0.1) is 0 Å². The summed E-state index contributed by atoms with van der Waals surface area (Å²) in [7, 11) is 3.71. The highest BCUT2D eigenvalue weighted by Crippen LogP contribution is 2.29. The fourth-order valence-electron chi connectivity index (χ4n) is 1.63. The van der Waals surface area contributed by atoms with Crippen molar-refractivity contribution < 1.29 is 4.74 Å². The van der Waals surface area contributed by atoms with Gasteiger partial charge < -0.3 is 10.1 Å². The number of aromatic nitrogens is 3. The predicted molar refractivity (Wildman–Crippen MR) is 69.6 cm³/mol. The number of hydrogen-bond donors (Lipinski definition) is 1. The minimum absolute atomic E-state index is 0.344. The van der Waals surface area contributed by atoms with Gasteiger partial charge in [0, 0.05) is 19.2 Å². The third-order valence-corrected chi connectivity index (χ3v) is 2.86. The number of halogens is 1. The van der Waals surface area contributed by atoms with Gasteiger partial charge in [-0.25, -0.2) is 4.98 Å². The molecule has 0 saturated heterocycles. The van der Waals surface area contributed by atoms with Crippen molar-refractivity contribution in [1.29, 1.82) is 0 Å². The minimum atomic E-state index is 0.344. The van der Waals surface area contributed by atoms with E-state index in [1.54, 1.807) is 4.68 Å². The van der Waals surface area contributed by atoms with Crippen LogP contribution in [0.1, 0.15) is 11.4 Å². The van der Waals surface area contributed by atoms with Gasteiger partial charge in [0.2, 0.25) is 0 Å². The molecule has 0 aliphatic carbocycles. The molecule has 0 atom stereocenters. The van der Waals surface area contributed by atoms with Crippen LogP contribution >= 0.6 is 11.6 Å². The van der Waals surface area contributed by atoms with Crippen molar-refractivity contribution in [2.75, 3.05) is 7.05 Å². The third kappa shape index (κ3) is 2.80. The Morgan fingerprint density at radius 1 is 1.44 bits per heavy atom. The maximum Gasteiger partial charge on any atom is 0.164 e. The maximum atomic E-state index is 6.15. The molecule has 5 nitrogen and oxygen atoms in total. The number of benzene rings is 1. The van der Waals surface area contributed by atoms with Gasteiger partial charge in [-0.15, -0.1) is 0 Å². The third-order valence-electron chi connectivity index (χ3n) is 2.57. The van der Waals surface area contributed by atoms with Crippen LogP contribution in [-0.2, 0) is 20.2 Å². The SMILES string of the molecule is CNCc1cccc(Cl)c1OCc1ncnn1C. The highest BCUT2D eigenvalue weighted by molar-refractivity contribution is 6.32. The Kier molecular flexibility index (Phi) is 4.17. The summed E-state index contributed by atoms with van der Waals surface area (Å²) in [4.78, 5) is 4.10. The molecule has 0 amide bonds. The molecule has 1 N–H and O–H groups in total. The molecule has 96 valence electrons. The first-order valence-corrected chi connectivity index (χ1v) is 5.98. The number of rotatable bonds is 5. The molecule has 2 rings (SSSR count). The molecule has 1 aromatic heterocycles. The van der Waals surface area contributed by atoms with Gasteiger partial charge in [-0.2, -0.15) is 5.10 Å². The molecule has 0 aliphatic heterocycles. The zero-order valence-electron chi connectivity index (χ0n) is 10.4. The fraction of sp³-hybridized carbons (Fsp3) is 0.333. The van der Waals surface area contributed by atoms with E-state index < -0.39 is 0 Å². The van der Waals surface area contributed by atoms with Crippen molar-refractivity contribution in [3.8, 4) is 5.75 Å². The summed E-state index contributed by atoms with van der Waals surface area (Å²) >= 11 is 6.15. The predicted octanol–water partition coefficient (Wildman–Crippen LogP) is 1.77. The molecule has 0 radical (unpaired) electrons. The monoisotopic (exact) mass is 266 g/mol. The number of nitrogens with zero attached hydrogens (tertiary/aromatic N) is 3. The Morgan fingerprint density at radius 2 is 2.28 bits per heavy atom. The lowest BCUT2D eigenvalue weighted by molar-refractivity contribution is 0.286. The van der Waals surface area contributed by atoms with Crippen molar-refractivity contribution in [3.63, 3.8) is 0 Å². The number of aryl methyl sites for hydroxylation is 1. The van der Waals surface area contributed by atoms with Crippen LogP contribution in [-0.4, -0.2) is 21.8 Å². The van der Waals surface area contributed by atoms with Crippen molar-refractivity contribution in [2.45, 2.75) is 13.2 Å². The van der Waals surface area contributed by atoms with Crippen LogP contribution in [0.3, 0.4) is 0 Å². The lowest BCUT2D eigenvalue weighted by Crippen LogP contribution is -2.09. The van der Waals surface area contributed by atoms with Gasteiger partial charge in [0.25, 0.3) is 0 Å². The van der Waals surface area contributed by atoms with Crippen molar-refractivity contribution in [2.24, 2.45) is 7.05 Å². The first kappa shape index (κ1) is 12.9. The second-order valence-corrected chi connectivity index (χ2v) is 4.25. The van der Waals surface area contributed by atoms with E-state index in [0.717, 1.165) is 11.4 Å². The first-order valence-electron chi connectivity index (χ1n) is 5.60. The highest BCUT2D eigenvalue weighted by Gasteiger charge is 2.09. The summed E-state index contributed by atoms with van der Waals surface area (Å²) < 4.78 is 7.43. The lowest BCUT2D eigenvalue weighted by atomic mass is 10.2. The Hall–Kier alpha value is -1.59. The topological polar surface area (TPSA) is 52.0 Å². The van der Waals surface area contributed by atoms with Crippen LogP contribution in [0.4, 0.5) is 0 Å². The second kappa shape index (κ2) is 5.84. The summed E-state index contributed by atoms with van der Waals surface area (Å²) in [6.07, 6.45) is 1.50. The van der Waals surface area contributed by atoms with E-state index in [4.69, 9.17) is 16.3 Å². The quantitative estimate of drug-likeness (QED) is 0.896. The van der Waals surface area contributed by atoms with E-state index in [1.165, 1.54) is 6.33 Å². The number of ether oxygens (including phenoxy) is 1. The smallest absolute Gasteiger partial charge is 0.164 e. The molecule has 0 aliphatic rings. The van der Waals surface area contributed by atoms with Gasteiger partial charge in [-0.05, 0) is 13.1 Å². The van der Waals surface area contributed by atoms with E-state index in [9.17, 15) is 0 Å². The fourth-order valence-corrected chi connectivity index (χ4v) is 1.88. The summed E-state index contributed by atoms with van der Waals surface area (Å²) in [5.41, 5.74) is 1.02. The normalized spacial score (nSPS) is 10.6. The van der Waals surface area contributed by atoms with Gasteiger partial charge in [0.15, 0.2) is 5.82 Å². The molecule has 6 heteroatoms. The van der Waals surface area contributed by atoms with Gasteiger partial charge >= 0.3 is 0 Å². The number of para-hydroxylation sites is 1. The van der Waals surface area contributed by atoms with E-state index in [2.05, 4.69) is 15.4 Å². The van der Waals surface area contributed by atoms with Gasteiger partial charge in [0.1, 0.15) is 18.7 Å². The Morgan fingerprint density at radius 3 is 2.94 bits per heavy atom. The average Bonchev–Trinajstić information content (AvgIpc) is 2.75. The molecule has 18 heavy (non-hydrogen) atoms.